The van der Waals surface area contributed by atoms with E-state index in [2.05, 4.69) is 26.0 Å². The lowest BCUT2D eigenvalue weighted by molar-refractivity contribution is -0.114. The van der Waals surface area contributed by atoms with Crippen LogP contribution in [-0.2, 0) is 9.53 Å². The number of halogens is 2. The van der Waals surface area contributed by atoms with E-state index in [1.54, 1.807) is 6.07 Å². The van der Waals surface area contributed by atoms with Gasteiger partial charge in [0.1, 0.15) is 0 Å². The maximum absolute atomic E-state index is 11.5. The van der Waals surface area contributed by atoms with Gasteiger partial charge in [-0.05, 0) is 12.1 Å². The maximum Gasteiger partial charge on any atom is 0.340 e. The van der Waals surface area contributed by atoms with Gasteiger partial charge < -0.3 is 10.1 Å². The normalized spacial score (nSPS) is 9.75. The van der Waals surface area contributed by atoms with Crippen LogP contribution in [0, 0.1) is 0 Å². The second-order valence-electron chi connectivity index (χ2n) is 2.98. The largest absolute Gasteiger partial charge is 0.465 e. The smallest absolute Gasteiger partial charge is 0.340 e. The molecular weight excluding hydrogens is 309 g/mol. The Hall–Kier alpha value is -1.07. The van der Waals surface area contributed by atoms with Gasteiger partial charge in [-0.25, -0.2) is 4.79 Å². The van der Waals surface area contributed by atoms with Crippen LogP contribution in [0.3, 0.4) is 0 Å². The predicted octanol–water partition coefficient (Wildman–Crippen LogP) is 2.85. The maximum atomic E-state index is 11.5. The standard InChI is InChI=1S/C10H9BrClNO3/c1-5(14)13-9-7(10(15)16-2)3-6(11)4-8(9)12/h3-4H,1-2H3,(H,13,14)/i3+2,4+2,6+2,7+2,8+2,9+2. The highest BCUT2D eigenvalue weighted by Gasteiger charge is 2.17. The Bertz CT molecular complexity index is 448. The molecule has 0 aromatic heterocycles. The van der Waals surface area contributed by atoms with E-state index in [-0.39, 0.29) is 22.2 Å². The number of hydrogen-bond donors (Lipinski definition) is 1. The van der Waals surface area contributed by atoms with Crippen molar-refractivity contribution in [3.63, 3.8) is 0 Å². The first-order valence-electron chi connectivity index (χ1n) is 4.30. The molecule has 0 heterocycles. The summed E-state index contributed by atoms with van der Waals surface area (Å²) in [6.07, 6.45) is 0. The number of methoxy groups -OCH3 is 1. The van der Waals surface area contributed by atoms with E-state index in [1.165, 1.54) is 20.1 Å². The minimum Gasteiger partial charge on any atom is -0.465 e. The van der Waals surface area contributed by atoms with Gasteiger partial charge in [0.2, 0.25) is 5.91 Å². The van der Waals surface area contributed by atoms with E-state index in [0.717, 1.165) is 0 Å². The van der Waals surface area contributed by atoms with E-state index >= 15 is 0 Å². The summed E-state index contributed by atoms with van der Waals surface area (Å²) >= 11 is 9.13. The Morgan fingerprint density at radius 3 is 2.56 bits per heavy atom. The molecule has 0 atom stereocenters. The summed E-state index contributed by atoms with van der Waals surface area (Å²) in [5.41, 5.74) is 0.460. The molecule has 0 aliphatic carbocycles. The second kappa shape index (κ2) is 5.32. The summed E-state index contributed by atoms with van der Waals surface area (Å²) in [5.74, 6) is -0.874. The van der Waals surface area contributed by atoms with Crippen LogP contribution in [0.2, 0.25) is 5.02 Å². The molecule has 16 heavy (non-hydrogen) atoms. The lowest BCUT2D eigenvalue weighted by Crippen LogP contribution is -2.12. The number of esters is 1. The van der Waals surface area contributed by atoms with E-state index < -0.39 is 5.97 Å². The van der Waals surface area contributed by atoms with Crippen molar-refractivity contribution < 1.29 is 14.3 Å². The first kappa shape index (κ1) is 13.0. The van der Waals surface area contributed by atoms with Crippen molar-refractivity contribution in [1.29, 1.82) is 0 Å². The predicted molar refractivity (Wildman–Crippen MR) is 64.8 cm³/mol. The van der Waals surface area contributed by atoms with E-state index in [0.29, 0.717) is 4.47 Å². The molecule has 86 valence electrons. The molecule has 0 aliphatic heterocycles. The number of rotatable bonds is 2. The Kier molecular flexibility index (Phi) is 4.32. The lowest BCUT2D eigenvalue weighted by Gasteiger charge is -2.10. The van der Waals surface area contributed by atoms with Gasteiger partial charge in [-0.1, -0.05) is 27.5 Å². The highest BCUT2D eigenvalue weighted by molar-refractivity contribution is 9.10. The summed E-state index contributed by atoms with van der Waals surface area (Å²) in [5, 5.41) is 2.76. The molecule has 0 saturated heterocycles. The van der Waals surface area contributed by atoms with Gasteiger partial charge in [0, 0.05) is 11.4 Å². The number of anilines is 1. The van der Waals surface area contributed by atoms with Crippen LogP contribution in [0.5, 0.6) is 0 Å². The molecule has 1 aromatic rings. The van der Waals surface area contributed by atoms with Crippen molar-refractivity contribution in [2.24, 2.45) is 0 Å². The third kappa shape index (κ3) is 2.96. The Balaban J connectivity index is 3.31. The lowest BCUT2D eigenvalue weighted by atomic mass is 10.8. The average molecular weight is 318 g/mol. The fourth-order valence-corrected chi connectivity index (χ4v) is 2.00. The molecule has 6 heteroatoms. The number of ether oxygens (including phenoxy) is 1. The monoisotopic (exact) mass is 317 g/mol. The van der Waals surface area contributed by atoms with Gasteiger partial charge in [-0.2, -0.15) is 0 Å². The minimum absolute atomic E-state index is 0.206. The first-order chi connectivity index (χ1) is 7.45. The Labute approximate surface area is 106 Å². The molecule has 0 aliphatic rings. The molecule has 0 radical (unpaired) electrons. The van der Waals surface area contributed by atoms with E-state index in [1.807, 2.05) is 0 Å². The molecule has 0 bridgehead atoms. The molecule has 0 fully saturated rings. The summed E-state index contributed by atoms with van der Waals surface area (Å²) in [6.45, 7) is 1.33. The van der Waals surface area contributed by atoms with Crippen molar-refractivity contribution in [1.82, 2.24) is 0 Å². The number of carbonyl (C=O) groups is 2. The SMILES string of the molecule is COC(=O)[14c]1[14cH][14c](Br)[14cH][14c](Cl)[14c]1NC(C)=O. The van der Waals surface area contributed by atoms with Crippen LogP contribution in [0.1, 0.15) is 17.3 Å². The highest BCUT2D eigenvalue weighted by Crippen LogP contribution is 2.30. The van der Waals surface area contributed by atoms with Crippen LogP contribution >= 0.6 is 27.5 Å². The second-order valence-corrected chi connectivity index (χ2v) is 4.31. The van der Waals surface area contributed by atoms with Crippen molar-refractivity contribution in [3.05, 3.63) is 27.2 Å². The summed E-state index contributed by atoms with van der Waals surface area (Å²) < 4.78 is 5.23. The zero-order chi connectivity index (χ0) is 12.3. The molecule has 0 saturated carbocycles. The fraction of sp³-hybridized carbons (Fsp3) is 0.200. The van der Waals surface area contributed by atoms with Gasteiger partial charge in [-0.15, -0.1) is 0 Å². The molecule has 1 amide bonds. The van der Waals surface area contributed by atoms with Crippen molar-refractivity contribution >= 4 is 45.1 Å². The Morgan fingerprint density at radius 1 is 1.44 bits per heavy atom. The van der Waals surface area contributed by atoms with Gasteiger partial charge in [-0.3, -0.25) is 4.79 Å². The molecule has 1 rings (SSSR count). The van der Waals surface area contributed by atoms with Gasteiger partial charge in [0.05, 0.1) is 23.4 Å². The van der Waals surface area contributed by atoms with Gasteiger partial charge in [0.25, 0.3) is 0 Å². The van der Waals surface area contributed by atoms with Crippen molar-refractivity contribution in [3.8, 4) is 0 Å². The van der Waals surface area contributed by atoms with Gasteiger partial charge >= 0.3 is 5.97 Å². The van der Waals surface area contributed by atoms with Crippen LogP contribution in [0.15, 0.2) is 16.6 Å². The highest BCUT2D eigenvalue weighted by atomic mass is 79.9. The number of carbonyl (C=O) groups excluding carboxylic acids is 2. The molecule has 0 spiro atoms. The zero-order valence-corrected chi connectivity index (χ0v) is 11.0. The molecule has 1 N–H and O–H groups in total. The first-order valence-corrected chi connectivity index (χ1v) is 5.47. The quantitative estimate of drug-likeness (QED) is 0.853. The summed E-state index contributed by atoms with van der Waals surface area (Å²) in [4.78, 5) is 22.4. The molecule has 4 nitrogen and oxygen atoms in total. The molecular formula is C10H9BrClNO3. The topological polar surface area (TPSA) is 55.4 Å². The number of hydrogen-bond acceptors (Lipinski definition) is 3. The third-order valence-electron chi connectivity index (χ3n) is 1.76. The van der Waals surface area contributed by atoms with Crippen LogP contribution < -0.4 is 5.32 Å². The van der Waals surface area contributed by atoms with E-state index in [9.17, 15) is 9.59 Å². The van der Waals surface area contributed by atoms with Crippen LogP contribution in [0.25, 0.3) is 0 Å². The average Bonchev–Trinajstić information content (AvgIpc) is 2.20. The summed E-state index contributed by atoms with van der Waals surface area (Å²) in [6, 6.07) is 3.11. The Morgan fingerprint density at radius 2 is 2.06 bits per heavy atom. The minimum atomic E-state index is -0.563. The number of benzene rings is 1. The molecule has 0 unspecified atom stereocenters. The van der Waals surface area contributed by atoms with Crippen molar-refractivity contribution in [2.45, 2.75) is 6.92 Å². The third-order valence-corrected chi connectivity index (χ3v) is 2.52. The zero-order valence-electron chi connectivity index (χ0n) is 8.64. The molecule has 1 aromatic carbocycles. The van der Waals surface area contributed by atoms with Crippen molar-refractivity contribution in [2.75, 3.05) is 12.4 Å². The fourth-order valence-electron chi connectivity index (χ4n) is 1.15. The van der Waals surface area contributed by atoms with E-state index in [4.69, 9.17) is 11.6 Å². The summed E-state index contributed by atoms with van der Waals surface area (Å²) in [7, 11) is 1.26. The van der Waals surface area contributed by atoms with Gasteiger partial charge in [0.15, 0.2) is 0 Å². The van der Waals surface area contributed by atoms with Crippen LogP contribution in [-0.4, -0.2) is 19.0 Å². The number of amides is 1. The number of nitrogens with one attached hydrogen (secondary N) is 1. The van der Waals surface area contributed by atoms with Crippen LogP contribution in [0.4, 0.5) is 5.69 Å².